The molecular formula is C23H25N3O3S. The summed E-state index contributed by atoms with van der Waals surface area (Å²) in [5.41, 5.74) is 4.70. The largest absolute Gasteiger partial charge is 0.381 e. The monoisotopic (exact) mass is 423 g/mol. The number of hydrogen-bond acceptors (Lipinski definition) is 4. The summed E-state index contributed by atoms with van der Waals surface area (Å²) in [6.07, 6.45) is 0.948. The fourth-order valence-electron chi connectivity index (χ4n) is 3.10. The lowest BCUT2D eigenvalue weighted by Gasteiger charge is -2.12. The van der Waals surface area contributed by atoms with Crippen molar-refractivity contribution in [1.82, 2.24) is 5.32 Å². The molecule has 4 N–H and O–H groups in total. The number of amides is 1. The smallest absolute Gasteiger partial charge is 0.251 e. The van der Waals surface area contributed by atoms with Crippen LogP contribution in [0.25, 0.3) is 0 Å². The lowest BCUT2D eigenvalue weighted by Crippen LogP contribution is -2.23. The van der Waals surface area contributed by atoms with E-state index in [0.29, 0.717) is 12.1 Å². The molecule has 0 aliphatic rings. The van der Waals surface area contributed by atoms with E-state index in [1.807, 2.05) is 30.3 Å². The average molecular weight is 424 g/mol. The quantitative estimate of drug-likeness (QED) is 0.517. The Morgan fingerprint density at radius 2 is 1.63 bits per heavy atom. The molecule has 6 nitrogen and oxygen atoms in total. The first kappa shape index (κ1) is 21.5. The minimum Gasteiger partial charge on any atom is -0.381 e. The Balaban J connectivity index is 1.60. The Hall–Kier alpha value is -3.16. The summed E-state index contributed by atoms with van der Waals surface area (Å²) in [7, 11) is -3.72. The molecule has 3 rings (SSSR count). The lowest BCUT2D eigenvalue weighted by molar-refractivity contribution is 0.0951. The van der Waals surface area contributed by atoms with E-state index in [1.165, 1.54) is 17.7 Å². The summed E-state index contributed by atoms with van der Waals surface area (Å²) < 4.78 is 22.6. The third-order valence-electron chi connectivity index (χ3n) is 4.78. The maximum Gasteiger partial charge on any atom is 0.251 e. The highest BCUT2D eigenvalue weighted by molar-refractivity contribution is 7.89. The van der Waals surface area contributed by atoms with Gasteiger partial charge in [-0.15, -0.1) is 0 Å². The van der Waals surface area contributed by atoms with Gasteiger partial charge in [-0.3, -0.25) is 4.79 Å². The van der Waals surface area contributed by atoms with Crippen molar-refractivity contribution in [3.63, 3.8) is 0 Å². The zero-order valence-corrected chi connectivity index (χ0v) is 17.6. The van der Waals surface area contributed by atoms with Gasteiger partial charge in [-0.2, -0.15) is 0 Å². The van der Waals surface area contributed by atoms with Crippen molar-refractivity contribution < 1.29 is 13.2 Å². The number of nitrogens with one attached hydrogen (secondary N) is 2. The van der Waals surface area contributed by atoms with E-state index in [2.05, 4.69) is 29.7 Å². The van der Waals surface area contributed by atoms with Gasteiger partial charge in [0, 0.05) is 24.3 Å². The average Bonchev–Trinajstić information content (AvgIpc) is 2.76. The van der Waals surface area contributed by atoms with E-state index in [-0.39, 0.29) is 17.3 Å². The molecule has 0 fully saturated rings. The summed E-state index contributed by atoms with van der Waals surface area (Å²) in [6, 6.07) is 21.8. The van der Waals surface area contributed by atoms with Crippen LogP contribution < -0.4 is 15.8 Å². The van der Waals surface area contributed by atoms with Crippen molar-refractivity contribution in [2.45, 2.75) is 31.3 Å². The molecule has 0 radical (unpaired) electrons. The van der Waals surface area contributed by atoms with Crippen LogP contribution in [-0.2, 0) is 29.5 Å². The molecule has 0 aliphatic heterocycles. The number of carbonyl (C=O) groups is 1. The Morgan fingerprint density at radius 1 is 0.900 bits per heavy atom. The highest BCUT2D eigenvalue weighted by Crippen LogP contribution is 2.17. The first-order valence-electron chi connectivity index (χ1n) is 9.67. The number of hydrogen-bond donors (Lipinski definition) is 3. The highest BCUT2D eigenvalue weighted by atomic mass is 32.2. The standard InChI is InChI=1S/C23H25N3O3S/c1-2-19-7-3-4-9-22(19)25-16-18-6-5-8-20(14-18)23(27)26-15-17-10-12-21(13-11-17)30(24,28)29/h3-14,25H,2,15-16H2,1H3,(H,26,27)(H2,24,28,29). The van der Waals surface area contributed by atoms with Crippen molar-refractivity contribution in [1.29, 1.82) is 0 Å². The number of carbonyl (C=O) groups excluding carboxylic acids is 1. The molecule has 30 heavy (non-hydrogen) atoms. The van der Waals surface area contributed by atoms with E-state index in [4.69, 9.17) is 5.14 Å². The number of anilines is 1. The number of aryl methyl sites for hydroxylation is 1. The second kappa shape index (κ2) is 9.56. The van der Waals surface area contributed by atoms with Crippen LogP contribution in [0.3, 0.4) is 0 Å². The molecule has 0 saturated heterocycles. The molecule has 0 bridgehead atoms. The molecular weight excluding hydrogens is 398 g/mol. The SMILES string of the molecule is CCc1ccccc1NCc1cccc(C(=O)NCc2ccc(S(N)(=O)=O)cc2)c1. The first-order valence-corrected chi connectivity index (χ1v) is 11.2. The molecule has 156 valence electrons. The second-order valence-corrected chi connectivity index (χ2v) is 8.50. The molecule has 0 aromatic heterocycles. The van der Waals surface area contributed by atoms with Crippen LogP contribution >= 0.6 is 0 Å². The second-order valence-electron chi connectivity index (χ2n) is 6.94. The van der Waals surface area contributed by atoms with Gasteiger partial charge >= 0.3 is 0 Å². The minimum absolute atomic E-state index is 0.0439. The van der Waals surface area contributed by atoms with Crippen molar-refractivity contribution in [2.24, 2.45) is 5.14 Å². The summed E-state index contributed by atoms with van der Waals surface area (Å²) in [5.74, 6) is -0.193. The zero-order chi connectivity index (χ0) is 21.6. The molecule has 3 aromatic rings. The van der Waals surface area contributed by atoms with Crippen molar-refractivity contribution in [2.75, 3.05) is 5.32 Å². The number of primary sulfonamides is 1. The molecule has 0 aliphatic carbocycles. The molecule has 7 heteroatoms. The van der Waals surface area contributed by atoms with Crippen LogP contribution in [0.4, 0.5) is 5.69 Å². The van der Waals surface area contributed by atoms with Crippen LogP contribution in [0.5, 0.6) is 0 Å². The number of sulfonamides is 1. The van der Waals surface area contributed by atoms with E-state index in [0.717, 1.165) is 23.2 Å². The van der Waals surface area contributed by atoms with Gasteiger partial charge in [-0.1, -0.05) is 49.4 Å². The van der Waals surface area contributed by atoms with Crippen LogP contribution in [0, 0.1) is 0 Å². The van der Waals surface area contributed by atoms with Gasteiger partial charge in [0.15, 0.2) is 0 Å². The van der Waals surface area contributed by atoms with E-state index >= 15 is 0 Å². The van der Waals surface area contributed by atoms with Gasteiger partial charge < -0.3 is 10.6 Å². The molecule has 1 amide bonds. The van der Waals surface area contributed by atoms with Gasteiger partial charge in [0.1, 0.15) is 0 Å². The van der Waals surface area contributed by atoms with Crippen molar-refractivity contribution >= 4 is 21.6 Å². The third-order valence-corrected chi connectivity index (χ3v) is 5.70. The Labute approximate surface area is 177 Å². The van der Waals surface area contributed by atoms with Crippen LogP contribution in [0.1, 0.15) is 34.0 Å². The van der Waals surface area contributed by atoms with Crippen molar-refractivity contribution in [3.8, 4) is 0 Å². The predicted octanol–water partition coefficient (Wildman–Crippen LogP) is 3.44. The molecule has 0 unspecified atom stereocenters. The van der Waals surface area contributed by atoms with Gasteiger partial charge in [0.25, 0.3) is 5.91 Å². The predicted molar refractivity (Wildman–Crippen MR) is 119 cm³/mol. The third kappa shape index (κ3) is 5.68. The fraction of sp³-hybridized carbons (Fsp3) is 0.174. The van der Waals surface area contributed by atoms with Gasteiger partial charge in [-0.25, -0.2) is 13.6 Å². The number of para-hydroxylation sites is 1. The number of nitrogens with two attached hydrogens (primary N) is 1. The molecule has 0 saturated carbocycles. The molecule has 0 spiro atoms. The zero-order valence-electron chi connectivity index (χ0n) is 16.8. The van der Waals surface area contributed by atoms with Gasteiger partial charge in [0.05, 0.1) is 4.90 Å². The Morgan fingerprint density at radius 3 is 2.33 bits per heavy atom. The molecule has 0 atom stereocenters. The maximum absolute atomic E-state index is 12.5. The lowest BCUT2D eigenvalue weighted by atomic mass is 10.1. The highest BCUT2D eigenvalue weighted by Gasteiger charge is 2.09. The van der Waals surface area contributed by atoms with E-state index in [1.54, 1.807) is 18.2 Å². The fourth-order valence-corrected chi connectivity index (χ4v) is 3.62. The first-order chi connectivity index (χ1) is 14.4. The summed E-state index contributed by atoms with van der Waals surface area (Å²) in [5, 5.41) is 11.4. The summed E-state index contributed by atoms with van der Waals surface area (Å²) in [4.78, 5) is 12.6. The molecule has 0 heterocycles. The normalized spacial score (nSPS) is 11.1. The Kier molecular flexibility index (Phi) is 6.87. The maximum atomic E-state index is 12.5. The number of benzene rings is 3. The Bertz CT molecular complexity index is 1130. The van der Waals surface area contributed by atoms with Crippen LogP contribution in [0.2, 0.25) is 0 Å². The van der Waals surface area contributed by atoms with E-state index < -0.39 is 10.0 Å². The van der Waals surface area contributed by atoms with Crippen LogP contribution in [0.15, 0.2) is 77.7 Å². The van der Waals surface area contributed by atoms with E-state index in [9.17, 15) is 13.2 Å². The summed E-state index contributed by atoms with van der Waals surface area (Å²) >= 11 is 0. The molecule has 3 aromatic carbocycles. The minimum atomic E-state index is -3.72. The van der Waals surface area contributed by atoms with Crippen molar-refractivity contribution in [3.05, 3.63) is 95.1 Å². The van der Waals surface area contributed by atoms with Crippen LogP contribution in [-0.4, -0.2) is 14.3 Å². The van der Waals surface area contributed by atoms with Gasteiger partial charge in [0.2, 0.25) is 10.0 Å². The number of rotatable bonds is 8. The summed E-state index contributed by atoms with van der Waals surface area (Å²) in [6.45, 7) is 3.03. The topological polar surface area (TPSA) is 101 Å². The van der Waals surface area contributed by atoms with Gasteiger partial charge in [-0.05, 0) is 53.4 Å².